The summed E-state index contributed by atoms with van der Waals surface area (Å²) in [6, 6.07) is 2.11. The molecular formula is C13H22IN3S. The van der Waals surface area contributed by atoms with Crippen molar-refractivity contribution < 1.29 is 0 Å². The Balaban J connectivity index is 0.00000289. The predicted octanol–water partition coefficient (Wildman–Crippen LogP) is 3.39. The van der Waals surface area contributed by atoms with Crippen LogP contribution in [0.5, 0.6) is 0 Å². The van der Waals surface area contributed by atoms with Crippen LogP contribution in [0.2, 0.25) is 0 Å². The minimum absolute atomic E-state index is 0. The molecule has 1 heterocycles. The van der Waals surface area contributed by atoms with Crippen LogP contribution in [0.1, 0.15) is 25.8 Å². The number of nitrogens with zero attached hydrogens (tertiary/aromatic N) is 1. The first-order valence-electron chi connectivity index (χ1n) is 6.01. The van der Waals surface area contributed by atoms with Gasteiger partial charge in [0.2, 0.25) is 0 Å². The van der Waals surface area contributed by atoms with Crippen molar-refractivity contribution in [2.45, 2.75) is 26.8 Å². The molecule has 0 radical (unpaired) electrons. The summed E-state index contributed by atoms with van der Waals surface area (Å²) >= 11 is 1.71. The molecule has 0 saturated carbocycles. The molecule has 0 aromatic carbocycles. The molecular weight excluding hydrogens is 357 g/mol. The van der Waals surface area contributed by atoms with E-state index in [0.29, 0.717) is 0 Å². The summed E-state index contributed by atoms with van der Waals surface area (Å²) in [5, 5.41) is 10.8. The Morgan fingerprint density at radius 3 is 2.89 bits per heavy atom. The molecule has 0 aliphatic carbocycles. The fourth-order valence-corrected chi connectivity index (χ4v) is 2.00. The predicted molar refractivity (Wildman–Crippen MR) is 92.0 cm³/mol. The Kier molecular flexibility index (Phi) is 11.2. The number of guanidine groups is 1. The molecule has 0 spiro atoms. The number of thiophene rings is 1. The Morgan fingerprint density at radius 1 is 1.44 bits per heavy atom. The summed E-state index contributed by atoms with van der Waals surface area (Å²) in [6.45, 7) is 6.66. The highest BCUT2D eigenvalue weighted by atomic mass is 127. The van der Waals surface area contributed by atoms with Crippen molar-refractivity contribution >= 4 is 41.3 Å². The standard InChI is InChI=1S/C13H21N3S.HI/c1-3-5-6-8-15-13(14-4-2)16-10-12-7-9-17-11-12;/h3,5,7,9,11H,4,6,8,10H2,1-2H3,(H2,14,15,16);1H/b5-3+;. The Bertz CT molecular complexity index is 347. The summed E-state index contributed by atoms with van der Waals surface area (Å²) in [5.41, 5.74) is 1.26. The van der Waals surface area contributed by atoms with Crippen molar-refractivity contribution in [3.05, 3.63) is 34.5 Å². The van der Waals surface area contributed by atoms with Gasteiger partial charge in [0.1, 0.15) is 0 Å². The van der Waals surface area contributed by atoms with Gasteiger partial charge in [-0.3, -0.25) is 0 Å². The molecule has 0 bridgehead atoms. The molecule has 102 valence electrons. The lowest BCUT2D eigenvalue weighted by Gasteiger charge is -2.09. The van der Waals surface area contributed by atoms with Crippen molar-refractivity contribution in [1.82, 2.24) is 10.6 Å². The van der Waals surface area contributed by atoms with E-state index in [1.54, 1.807) is 11.3 Å². The van der Waals surface area contributed by atoms with Crippen LogP contribution in [0.3, 0.4) is 0 Å². The molecule has 0 amide bonds. The maximum atomic E-state index is 4.53. The lowest BCUT2D eigenvalue weighted by atomic mass is 10.3. The second-order valence-corrected chi connectivity index (χ2v) is 4.39. The van der Waals surface area contributed by atoms with Crippen LogP contribution in [0, 0.1) is 0 Å². The van der Waals surface area contributed by atoms with Crippen LogP contribution in [-0.2, 0) is 6.54 Å². The SMILES string of the molecule is C/C=C/CCNC(=NCc1ccsc1)NCC.I. The minimum atomic E-state index is 0. The van der Waals surface area contributed by atoms with E-state index in [9.17, 15) is 0 Å². The van der Waals surface area contributed by atoms with Gasteiger partial charge in [-0.15, -0.1) is 24.0 Å². The third-order valence-corrected chi connectivity index (χ3v) is 2.92. The maximum absolute atomic E-state index is 4.53. The van der Waals surface area contributed by atoms with E-state index >= 15 is 0 Å². The van der Waals surface area contributed by atoms with Crippen LogP contribution < -0.4 is 10.6 Å². The van der Waals surface area contributed by atoms with E-state index in [4.69, 9.17) is 0 Å². The van der Waals surface area contributed by atoms with E-state index in [1.807, 2.05) is 6.92 Å². The molecule has 0 saturated heterocycles. The molecule has 18 heavy (non-hydrogen) atoms. The third-order valence-electron chi connectivity index (χ3n) is 2.18. The zero-order chi connectivity index (χ0) is 12.3. The highest BCUT2D eigenvalue weighted by Crippen LogP contribution is 2.06. The molecule has 1 rings (SSSR count). The second-order valence-electron chi connectivity index (χ2n) is 3.61. The topological polar surface area (TPSA) is 36.4 Å². The Morgan fingerprint density at radius 2 is 2.28 bits per heavy atom. The van der Waals surface area contributed by atoms with Gasteiger partial charge in [-0.05, 0) is 42.7 Å². The van der Waals surface area contributed by atoms with Gasteiger partial charge in [0.05, 0.1) is 6.54 Å². The van der Waals surface area contributed by atoms with Crippen LogP contribution in [-0.4, -0.2) is 19.0 Å². The second kappa shape index (κ2) is 11.5. The number of halogens is 1. The summed E-state index contributed by atoms with van der Waals surface area (Å²) in [7, 11) is 0. The number of allylic oxidation sites excluding steroid dienone is 1. The molecule has 0 aliphatic rings. The number of rotatable bonds is 6. The van der Waals surface area contributed by atoms with Gasteiger partial charge < -0.3 is 10.6 Å². The smallest absolute Gasteiger partial charge is 0.191 e. The molecule has 2 N–H and O–H groups in total. The highest BCUT2D eigenvalue weighted by molar-refractivity contribution is 14.0. The van der Waals surface area contributed by atoms with Gasteiger partial charge in [-0.1, -0.05) is 12.2 Å². The monoisotopic (exact) mass is 379 g/mol. The lowest BCUT2D eigenvalue weighted by molar-refractivity contribution is 0.810. The summed E-state index contributed by atoms with van der Waals surface area (Å²) < 4.78 is 0. The van der Waals surface area contributed by atoms with Gasteiger partial charge in [0.25, 0.3) is 0 Å². The molecule has 0 fully saturated rings. The van der Waals surface area contributed by atoms with E-state index in [2.05, 4.69) is 51.5 Å². The lowest BCUT2D eigenvalue weighted by Crippen LogP contribution is -2.37. The zero-order valence-corrected chi connectivity index (χ0v) is 14.1. The molecule has 1 aromatic heterocycles. The number of hydrogen-bond donors (Lipinski definition) is 2. The van der Waals surface area contributed by atoms with E-state index < -0.39 is 0 Å². The molecule has 0 atom stereocenters. The molecule has 0 aliphatic heterocycles. The Labute approximate surface area is 131 Å². The average Bonchev–Trinajstić information content (AvgIpc) is 2.84. The van der Waals surface area contributed by atoms with E-state index in [0.717, 1.165) is 32.0 Å². The van der Waals surface area contributed by atoms with Gasteiger partial charge in [-0.2, -0.15) is 11.3 Å². The van der Waals surface area contributed by atoms with E-state index in [-0.39, 0.29) is 24.0 Å². The molecule has 5 heteroatoms. The quantitative estimate of drug-likeness (QED) is 0.261. The first-order chi connectivity index (χ1) is 8.36. The van der Waals surface area contributed by atoms with Crippen LogP contribution in [0.4, 0.5) is 0 Å². The largest absolute Gasteiger partial charge is 0.357 e. The van der Waals surface area contributed by atoms with E-state index in [1.165, 1.54) is 5.56 Å². The highest BCUT2D eigenvalue weighted by Gasteiger charge is 1.96. The zero-order valence-electron chi connectivity index (χ0n) is 11.0. The first-order valence-corrected chi connectivity index (χ1v) is 6.95. The van der Waals surface area contributed by atoms with Crippen molar-refractivity contribution in [2.75, 3.05) is 13.1 Å². The normalized spacial score (nSPS) is 11.3. The molecule has 3 nitrogen and oxygen atoms in total. The summed E-state index contributed by atoms with van der Waals surface area (Å²) in [6.07, 6.45) is 5.24. The third kappa shape index (κ3) is 7.71. The van der Waals surface area contributed by atoms with Crippen LogP contribution in [0.25, 0.3) is 0 Å². The molecule has 0 unspecified atom stereocenters. The van der Waals surface area contributed by atoms with Gasteiger partial charge in [0, 0.05) is 13.1 Å². The van der Waals surface area contributed by atoms with Gasteiger partial charge in [0.15, 0.2) is 5.96 Å². The summed E-state index contributed by atoms with van der Waals surface area (Å²) in [4.78, 5) is 4.53. The van der Waals surface area contributed by atoms with Crippen LogP contribution >= 0.6 is 35.3 Å². The number of hydrogen-bond acceptors (Lipinski definition) is 2. The number of nitrogens with one attached hydrogen (secondary N) is 2. The number of aliphatic imine (C=N–C) groups is 1. The fraction of sp³-hybridized carbons (Fsp3) is 0.462. The van der Waals surface area contributed by atoms with Crippen molar-refractivity contribution in [1.29, 1.82) is 0 Å². The molecule has 1 aromatic rings. The van der Waals surface area contributed by atoms with Crippen LogP contribution in [0.15, 0.2) is 34.0 Å². The first kappa shape index (κ1) is 17.4. The van der Waals surface area contributed by atoms with Crippen molar-refractivity contribution in [2.24, 2.45) is 4.99 Å². The maximum Gasteiger partial charge on any atom is 0.191 e. The fourth-order valence-electron chi connectivity index (χ4n) is 1.34. The van der Waals surface area contributed by atoms with Crippen molar-refractivity contribution in [3.63, 3.8) is 0 Å². The van der Waals surface area contributed by atoms with Crippen molar-refractivity contribution in [3.8, 4) is 0 Å². The minimum Gasteiger partial charge on any atom is -0.357 e. The summed E-state index contributed by atoms with van der Waals surface area (Å²) in [5.74, 6) is 0.892. The average molecular weight is 379 g/mol. The Hall–Kier alpha value is -0.560. The van der Waals surface area contributed by atoms with Gasteiger partial charge in [-0.25, -0.2) is 4.99 Å². The van der Waals surface area contributed by atoms with Gasteiger partial charge >= 0.3 is 0 Å².